The molecule has 0 bridgehead atoms. The van der Waals surface area contributed by atoms with E-state index in [1.165, 1.54) is 30.6 Å². The van der Waals surface area contributed by atoms with Crippen molar-refractivity contribution >= 4 is 23.9 Å². The average Bonchev–Trinajstić information content (AvgIpc) is 2.91. The highest BCUT2D eigenvalue weighted by molar-refractivity contribution is 6.34. The van der Waals surface area contributed by atoms with Gasteiger partial charge in [-0.1, -0.05) is 0 Å². The molecule has 0 aliphatic carbocycles. The Labute approximate surface area is 178 Å². The lowest BCUT2D eigenvalue weighted by Gasteiger charge is -2.30. The number of nitrogens with one attached hydrogen (secondary N) is 1. The predicted molar refractivity (Wildman–Crippen MR) is 115 cm³/mol. The Morgan fingerprint density at radius 1 is 1.16 bits per heavy atom. The van der Waals surface area contributed by atoms with Crippen molar-refractivity contribution in [3.05, 3.63) is 59.6 Å². The van der Waals surface area contributed by atoms with Crippen molar-refractivity contribution in [2.75, 3.05) is 19.6 Å². The van der Waals surface area contributed by atoms with E-state index < -0.39 is 5.91 Å². The van der Waals surface area contributed by atoms with Crippen LogP contribution in [0, 0.1) is 0 Å². The average molecular weight is 419 g/mol. The van der Waals surface area contributed by atoms with Crippen LogP contribution in [0.25, 0.3) is 0 Å². The van der Waals surface area contributed by atoms with Gasteiger partial charge in [0.2, 0.25) is 0 Å². The maximum Gasteiger partial charge on any atom is 0.272 e. The Balaban J connectivity index is 1.46. The smallest absolute Gasteiger partial charge is 0.272 e. The van der Waals surface area contributed by atoms with Crippen LogP contribution in [0.5, 0.6) is 17.2 Å². The van der Waals surface area contributed by atoms with Crippen molar-refractivity contribution in [1.29, 1.82) is 0 Å². The van der Waals surface area contributed by atoms with Crippen molar-refractivity contribution in [1.82, 2.24) is 15.2 Å². The minimum Gasteiger partial charge on any atom is -0.508 e. The van der Waals surface area contributed by atoms with Gasteiger partial charge in [0.25, 0.3) is 11.8 Å². The highest BCUT2D eigenvalue weighted by atomic mass is 16.5. The predicted octanol–water partition coefficient (Wildman–Crippen LogP) is 2.54. The molecule has 1 aromatic carbocycles. The summed E-state index contributed by atoms with van der Waals surface area (Å²) in [7, 11) is 0. The number of hydrogen-bond acceptors (Lipinski definition) is 7. The van der Waals surface area contributed by atoms with E-state index in [1.807, 2.05) is 6.92 Å². The molecule has 1 aromatic heterocycles. The summed E-state index contributed by atoms with van der Waals surface area (Å²) in [6, 6.07) is 7.40. The second kappa shape index (κ2) is 8.78. The van der Waals surface area contributed by atoms with Crippen molar-refractivity contribution in [3.63, 3.8) is 0 Å². The zero-order valence-electron chi connectivity index (χ0n) is 16.9. The van der Waals surface area contributed by atoms with Gasteiger partial charge in [-0.2, -0.15) is 0 Å². The number of amides is 2. The fourth-order valence-corrected chi connectivity index (χ4v) is 2.94. The van der Waals surface area contributed by atoms with Crippen LogP contribution in [-0.2, 0) is 0 Å². The van der Waals surface area contributed by atoms with E-state index in [0.29, 0.717) is 23.8 Å². The molecule has 158 valence electrons. The van der Waals surface area contributed by atoms with Gasteiger partial charge in [-0.05, 0) is 43.2 Å². The molecule has 31 heavy (non-hydrogen) atoms. The number of aromatic hydroxyl groups is 1. The lowest BCUT2D eigenvalue weighted by molar-refractivity contribution is 0.0645. The quantitative estimate of drug-likeness (QED) is 0.790. The van der Waals surface area contributed by atoms with Gasteiger partial charge < -0.3 is 20.1 Å². The Kier molecular flexibility index (Phi) is 5.74. The number of phenols is 1. The molecule has 2 N–H and O–H groups in total. The second-order valence-electron chi connectivity index (χ2n) is 7.26. The first-order valence-corrected chi connectivity index (χ1v) is 9.80. The van der Waals surface area contributed by atoms with E-state index in [1.54, 1.807) is 23.2 Å². The number of ether oxygens (including phenoxy) is 1. The Hall–Kier alpha value is -4.01. The zero-order chi connectivity index (χ0) is 21.8. The third-order valence-electron chi connectivity index (χ3n) is 4.71. The Morgan fingerprint density at radius 3 is 2.71 bits per heavy atom. The molecule has 0 atom stereocenters. The van der Waals surface area contributed by atoms with Crippen LogP contribution in [0.15, 0.2) is 58.3 Å². The van der Waals surface area contributed by atoms with Crippen LogP contribution in [-0.4, -0.2) is 58.5 Å². The normalized spacial score (nSPS) is 15.3. The summed E-state index contributed by atoms with van der Waals surface area (Å²) in [5.41, 5.74) is 1.51. The van der Waals surface area contributed by atoms with Gasteiger partial charge in [0.05, 0.1) is 19.0 Å². The van der Waals surface area contributed by atoms with Crippen LogP contribution in [0.4, 0.5) is 0 Å². The number of phenolic OH excluding ortho intramolecular Hbond substituents is 1. The first kappa shape index (κ1) is 20.3. The third-order valence-corrected chi connectivity index (χ3v) is 4.71. The Bertz CT molecular complexity index is 1100. The molecule has 0 spiro atoms. The molecule has 3 heterocycles. The van der Waals surface area contributed by atoms with Gasteiger partial charge in [-0.15, -0.1) is 0 Å². The standard InChI is InChI=1S/C22H21N5O4/c1-14-10-23-13-20(25-11-14)26-21(29)15-7-16(28)9-18(8-15)31-17-3-4-19(24-12-17)22(30)27-5-2-6-27/h3-4,7-9,11-13,28H,2,5-6,10H2,1H3,(H,25,26,29). The maximum absolute atomic E-state index is 12.6. The van der Waals surface area contributed by atoms with E-state index in [-0.39, 0.29) is 23.0 Å². The molecular formula is C22H21N5O4. The second-order valence-corrected chi connectivity index (χ2v) is 7.26. The number of carbonyl (C=O) groups excluding carboxylic acids is 2. The molecule has 2 amide bonds. The summed E-state index contributed by atoms with van der Waals surface area (Å²) in [6.07, 6.45) is 5.57. The van der Waals surface area contributed by atoms with Crippen molar-refractivity contribution in [2.24, 2.45) is 9.98 Å². The maximum atomic E-state index is 12.6. The fraction of sp³-hybridized carbons (Fsp3) is 0.227. The molecule has 9 nitrogen and oxygen atoms in total. The first-order valence-electron chi connectivity index (χ1n) is 9.80. The molecule has 0 saturated carbocycles. The Morgan fingerprint density at radius 2 is 2.00 bits per heavy atom. The van der Waals surface area contributed by atoms with E-state index in [2.05, 4.69) is 20.3 Å². The van der Waals surface area contributed by atoms with Crippen LogP contribution in [0.2, 0.25) is 0 Å². The summed E-state index contributed by atoms with van der Waals surface area (Å²) >= 11 is 0. The van der Waals surface area contributed by atoms with Gasteiger partial charge in [-0.3, -0.25) is 14.6 Å². The topological polar surface area (TPSA) is 116 Å². The molecule has 9 heteroatoms. The summed E-state index contributed by atoms with van der Waals surface area (Å²) in [6.45, 7) is 3.92. The van der Waals surface area contributed by atoms with Crippen molar-refractivity contribution < 1.29 is 19.4 Å². The van der Waals surface area contributed by atoms with Crippen LogP contribution in [0.3, 0.4) is 0 Å². The SMILES string of the molecule is CC1=CN=C(NC(=O)c2cc(O)cc(Oc3ccc(C(=O)N4CCC4)nc3)c2)C=NC1. The number of aliphatic imine (C=N–C) groups is 2. The molecule has 0 radical (unpaired) electrons. The van der Waals surface area contributed by atoms with Crippen LogP contribution >= 0.6 is 0 Å². The molecule has 0 unspecified atom stereocenters. The number of amidine groups is 1. The van der Waals surface area contributed by atoms with E-state index >= 15 is 0 Å². The summed E-state index contributed by atoms with van der Waals surface area (Å²) in [4.78, 5) is 39.0. The highest BCUT2D eigenvalue weighted by Crippen LogP contribution is 2.27. The third kappa shape index (κ3) is 4.95. The minimum absolute atomic E-state index is 0.107. The van der Waals surface area contributed by atoms with Gasteiger partial charge in [0, 0.05) is 30.9 Å². The van der Waals surface area contributed by atoms with E-state index in [9.17, 15) is 14.7 Å². The van der Waals surface area contributed by atoms with E-state index in [0.717, 1.165) is 25.1 Å². The highest BCUT2D eigenvalue weighted by Gasteiger charge is 2.22. The number of pyridine rings is 1. The molecule has 1 fully saturated rings. The summed E-state index contributed by atoms with van der Waals surface area (Å²) < 4.78 is 5.72. The molecular weight excluding hydrogens is 398 g/mol. The molecule has 2 aliphatic heterocycles. The van der Waals surface area contributed by atoms with Crippen LogP contribution in [0.1, 0.15) is 34.2 Å². The zero-order valence-corrected chi connectivity index (χ0v) is 16.9. The monoisotopic (exact) mass is 419 g/mol. The molecule has 2 aromatic rings. The summed E-state index contributed by atoms with van der Waals surface area (Å²) in [5, 5.41) is 12.7. The van der Waals surface area contributed by atoms with Crippen molar-refractivity contribution in [2.45, 2.75) is 13.3 Å². The first-order chi connectivity index (χ1) is 15.0. The number of nitrogens with zero attached hydrogens (tertiary/aromatic N) is 4. The lowest BCUT2D eigenvalue weighted by atomic mass is 10.2. The minimum atomic E-state index is -0.465. The van der Waals surface area contributed by atoms with Gasteiger partial charge in [0.1, 0.15) is 22.9 Å². The largest absolute Gasteiger partial charge is 0.508 e. The number of likely N-dealkylation sites (tertiary alicyclic amines) is 1. The number of aromatic nitrogens is 1. The fourth-order valence-electron chi connectivity index (χ4n) is 2.94. The molecule has 4 rings (SSSR count). The lowest BCUT2D eigenvalue weighted by Crippen LogP contribution is -2.42. The molecule has 1 saturated heterocycles. The van der Waals surface area contributed by atoms with Crippen molar-refractivity contribution in [3.8, 4) is 17.2 Å². The number of carbonyl (C=O) groups is 2. The van der Waals surface area contributed by atoms with Gasteiger partial charge in [-0.25, -0.2) is 9.98 Å². The molecule has 2 aliphatic rings. The van der Waals surface area contributed by atoms with Gasteiger partial charge in [0.15, 0.2) is 5.84 Å². The van der Waals surface area contributed by atoms with Gasteiger partial charge >= 0.3 is 0 Å². The number of rotatable bonds is 4. The van der Waals surface area contributed by atoms with Crippen LogP contribution < -0.4 is 10.1 Å². The number of hydrogen-bond donors (Lipinski definition) is 2. The number of benzene rings is 1. The summed E-state index contributed by atoms with van der Waals surface area (Å²) in [5.74, 6) is 0.224. The van der Waals surface area contributed by atoms with E-state index in [4.69, 9.17) is 4.74 Å².